The number of carbonyl (C=O) groups is 1. The fourth-order valence-corrected chi connectivity index (χ4v) is 2.25. The molecule has 8 heteroatoms. The molecule has 0 saturated heterocycles. The lowest BCUT2D eigenvalue weighted by molar-refractivity contribution is -0.138. The van der Waals surface area contributed by atoms with Crippen LogP contribution in [0.3, 0.4) is 0 Å². The van der Waals surface area contributed by atoms with E-state index < -0.39 is 16.0 Å². The molecule has 106 valence electrons. The summed E-state index contributed by atoms with van der Waals surface area (Å²) in [5.74, 6) is -0.440. The third kappa shape index (κ3) is 3.58. The number of hydrogen-bond acceptors (Lipinski definition) is 6. The molecule has 0 saturated carbocycles. The molecule has 0 amide bonds. The van der Waals surface area contributed by atoms with E-state index >= 15 is 0 Å². The van der Waals surface area contributed by atoms with Crippen molar-refractivity contribution in [2.45, 2.75) is 4.90 Å². The monoisotopic (exact) mass is 287 g/mol. The van der Waals surface area contributed by atoms with E-state index in [4.69, 9.17) is 5.73 Å². The molecular weight excluding hydrogens is 270 g/mol. The molecule has 0 fully saturated rings. The fraction of sp³-hybridized carbons (Fsp3) is 0.364. The Balaban J connectivity index is 2.95. The predicted molar refractivity (Wildman–Crippen MR) is 72.2 cm³/mol. The van der Waals surface area contributed by atoms with Crippen LogP contribution in [0.5, 0.6) is 0 Å². The molecule has 0 atom stereocenters. The standard InChI is InChI=1S/C11H17N3O4S/c1-14(2)19(16,17)8-4-5-10(9(12)6-8)13-7-11(15)18-3/h4-6,13H,7,12H2,1-3H3. The maximum absolute atomic E-state index is 11.9. The Hall–Kier alpha value is -1.80. The van der Waals surface area contributed by atoms with Crippen molar-refractivity contribution in [2.24, 2.45) is 0 Å². The molecular formula is C11H17N3O4S. The summed E-state index contributed by atoms with van der Waals surface area (Å²) in [6.07, 6.45) is 0. The second kappa shape index (κ2) is 5.89. The molecule has 19 heavy (non-hydrogen) atoms. The highest BCUT2D eigenvalue weighted by Crippen LogP contribution is 2.23. The van der Waals surface area contributed by atoms with Crippen LogP contribution in [0.15, 0.2) is 23.1 Å². The molecule has 0 unspecified atom stereocenters. The molecule has 0 radical (unpaired) electrons. The summed E-state index contributed by atoms with van der Waals surface area (Å²) in [5.41, 5.74) is 6.47. The first-order chi connectivity index (χ1) is 8.78. The van der Waals surface area contributed by atoms with Crippen LogP contribution in [0.25, 0.3) is 0 Å². The highest BCUT2D eigenvalue weighted by Gasteiger charge is 2.18. The molecule has 1 rings (SSSR count). The lowest BCUT2D eigenvalue weighted by Crippen LogP contribution is -2.22. The first-order valence-corrected chi connectivity index (χ1v) is 6.85. The van der Waals surface area contributed by atoms with Crippen molar-refractivity contribution >= 4 is 27.4 Å². The van der Waals surface area contributed by atoms with Gasteiger partial charge in [0, 0.05) is 14.1 Å². The van der Waals surface area contributed by atoms with Crippen LogP contribution in [0.1, 0.15) is 0 Å². The van der Waals surface area contributed by atoms with Crippen molar-refractivity contribution in [3.05, 3.63) is 18.2 Å². The van der Waals surface area contributed by atoms with Crippen molar-refractivity contribution in [3.8, 4) is 0 Å². The van der Waals surface area contributed by atoms with Gasteiger partial charge in [0.25, 0.3) is 0 Å². The van der Waals surface area contributed by atoms with Gasteiger partial charge < -0.3 is 15.8 Å². The number of nitrogens with one attached hydrogen (secondary N) is 1. The summed E-state index contributed by atoms with van der Waals surface area (Å²) in [6.45, 7) is -0.0412. The molecule has 7 nitrogen and oxygen atoms in total. The number of anilines is 2. The highest BCUT2D eigenvalue weighted by molar-refractivity contribution is 7.89. The van der Waals surface area contributed by atoms with Crippen molar-refractivity contribution < 1.29 is 17.9 Å². The first-order valence-electron chi connectivity index (χ1n) is 5.41. The maximum atomic E-state index is 11.9. The predicted octanol–water partition coefficient (Wildman–Crippen LogP) is 0.104. The molecule has 0 aromatic heterocycles. The number of nitrogens with two attached hydrogens (primary N) is 1. The van der Waals surface area contributed by atoms with Crippen LogP contribution in [-0.2, 0) is 19.6 Å². The van der Waals surface area contributed by atoms with Gasteiger partial charge in [0.2, 0.25) is 10.0 Å². The quantitative estimate of drug-likeness (QED) is 0.588. The van der Waals surface area contributed by atoms with Crippen molar-refractivity contribution in [3.63, 3.8) is 0 Å². The van der Waals surface area contributed by atoms with Crippen molar-refractivity contribution in [2.75, 3.05) is 38.8 Å². The van der Waals surface area contributed by atoms with Crippen LogP contribution in [-0.4, -0.2) is 46.4 Å². The van der Waals surface area contributed by atoms with Crippen molar-refractivity contribution in [1.29, 1.82) is 0 Å². The number of sulfonamides is 1. The molecule has 0 heterocycles. The van der Waals surface area contributed by atoms with E-state index in [0.29, 0.717) is 5.69 Å². The lowest BCUT2D eigenvalue weighted by Gasteiger charge is -2.14. The Bertz CT molecular complexity index is 569. The normalized spacial score (nSPS) is 11.4. The highest BCUT2D eigenvalue weighted by atomic mass is 32.2. The Morgan fingerprint density at radius 1 is 1.42 bits per heavy atom. The van der Waals surface area contributed by atoms with Crippen molar-refractivity contribution in [1.82, 2.24) is 4.31 Å². The van der Waals surface area contributed by atoms with E-state index in [1.54, 1.807) is 0 Å². The zero-order valence-electron chi connectivity index (χ0n) is 11.0. The van der Waals surface area contributed by atoms with E-state index in [1.165, 1.54) is 39.4 Å². The molecule has 3 N–H and O–H groups in total. The van der Waals surface area contributed by atoms with Crippen LogP contribution in [0.4, 0.5) is 11.4 Å². The topological polar surface area (TPSA) is 102 Å². The minimum atomic E-state index is -3.52. The van der Waals surface area contributed by atoms with E-state index in [1.807, 2.05) is 0 Å². The smallest absolute Gasteiger partial charge is 0.325 e. The summed E-state index contributed by atoms with van der Waals surface area (Å²) in [4.78, 5) is 11.1. The third-order valence-corrected chi connectivity index (χ3v) is 4.26. The van der Waals surface area contributed by atoms with Gasteiger partial charge in [-0.1, -0.05) is 0 Å². The van der Waals surface area contributed by atoms with Crippen LogP contribution < -0.4 is 11.1 Å². The average Bonchev–Trinajstić information content (AvgIpc) is 2.36. The Morgan fingerprint density at radius 2 is 2.05 bits per heavy atom. The summed E-state index contributed by atoms with van der Waals surface area (Å²) >= 11 is 0. The Kier molecular flexibility index (Phi) is 4.73. The molecule has 1 aromatic carbocycles. The Morgan fingerprint density at radius 3 is 2.53 bits per heavy atom. The lowest BCUT2D eigenvalue weighted by atomic mass is 10.2. The van der Waals surface area contributed by atoms with Gasteiger partial charge in [0.1, 0.15) is 6.54 Å². The summed E-state index contributed by atoms with van der Waals surface area (Å²) in [6, 6.07) is 4.27. The van der Waals surface area contributed by atoms with E-state index in [2.05, 4.69) is 10.1 Å². The molecule has 0 spiro atoms. The zero-order chi connectivity index (χ0) is 14.6. The van der Waals surface area contributed by atoms with Gasteiger partial charge in [-0.3, -0.25) is 4.79 Å². The number of hydrogen-bond donors (Lipinski definition) is 2. The number of carbonyl (C=O) groups excluding carboxylic acids is 1. The van der Waals surface area contributed by atoms with Gasteiger partial charge in [-0.15, -0.1) is 0 Å². The molecule has 0 aliphatic heterocycles. The van der Waals surface area contributed by atoms with E-state index in [-0.39, 0.29) is 17.1 Å². The second-order valence-corrected chi connectivity index (χ2v) is 6.12. The maximum Gasteiger partial charge on any atom is 0.325 e. The number of benzene rings is 1. The van der Waals surface area contributed by atoms with Gasteiger partial charge in [-0.2, -0.15) is 0 Å². The summed E-state index contributed by atoms with van der Waals surface area (Å²) in [5, 5.41) is 2.76. The molecule has 1 aromatic rings. The Labute approximate surface area is 112 Å². The van der Waals surface area contributed by atoms with Gasteiger partial charge >= 0.3 is 5.97 Å². The number of nitrogen functional groups attached to an aromatic ring is 1. The van der Waals surface area contributed by atoms with Gasteiger partial charge in [-0.05, 0) is 18.2 Å². The van der Waals surface area contributed by atoms with E-state index in [0.717, 1.165) is 4.31 Å². The first kappa shape index (κ1) is 15.3. The number of methoxy groups -OCH3 is 1. The van der Waals surface area contributed by atoms with Crippen LogP contribution in [0.2, 0.25) is 0 Å². The molecule has 0 aliphatic rings. The number of rotatable bonds is 5. The molecule has 0 bridgehead atoms. The van der Waals surface area contributed by atoms with Gasteiger partial charge in [0.15, 0.2) is 0 Å². The molecule has 0 aliphatic carbocycles. The largest absolute Gasteiger partial charge is 0.468 e. The van der Waals surface area contributed by atoms with Crippen LogP contribution >= 0.6 is 0 Å². The van der Waals surface area contributed by atoms with E-state index in [9.17, 15) is 13.2 Å². The van der Waals surface area contributed by atoms with Gasteiger partial charge in [0.05, 0.1) is 23.4 Å². The van der Waals surface area contributed by atoms with Gasteiger partial charge in [-0.25, -0.2) is 12.7 Å². The zero-order valence-corrected chi connectivity index (χ0v) is 11.8. The minimum absolute atomic E-state index is 0.0412. The average molecular weight is 287 g/mol. The SMILES string of the molecule is COC(=O)CNc1ccc(S(=O)(=O)N(C)C)cc1N. The fourth-order valence-electron chi connectivity index (χ4n) is 1.31. The van der Waals surface area contributed by atoms with Crippen LogP contribution in [0, 0.1) is 0 Å². The number of esters is 1. The second-order valence-electron chi connectivity index (χ2n) is 3.97. The summed E-state index contributed by atoms with van der Waals surface area (Å²) in [7, 11) is 0.639. The minimum Gasteiger partial charge on any atom is -0.468 e. The third-order valence-electron chi connectivity index (χ3n) is 2.45. The number of ether oxygens (including phenoxy) is 1. The summed E-state index contributed by atoms with van der Waals surface area (Å²) < 4.78 is 29.3. The number of nitrogens with zero attached hydrogens (tertiary/aromatic N) is 1.